The van der Waals surface area contributed by atoms with Gasteiger partial charge in [-0.3, -0.25) is 14.4 Å². The van der Waals surface area contributed by atoms with Gasteiger partial charge in [-0.1, -0.05) is 24.3 Å². The molecule has 0 saturated carbocycles. The van der Waals surface area contributed by atoms with E-state index in [9.17, 15) is 23.9 Å². The predicted octanol–water partition coefficient (Wildman–Crippen LogP) is 3.96. The van der Waals surface area contributed by atoms with Crippen molar-refractivity contribution in [1.29, 1.82) is 0 Å². The van der Waals surface area contributed by atoms with Crippen LogP contribution in [0.2, 0.25) is 0 Å². The van der Waals surface area contributed by atoms with Crippen LogP contribution in [-0.4, -0.2) is 40.4 Å². The summed E-state index contributed by atoms with van der Waals surface area (Å²) >= 11 is 1.52. The number of pyridine rings is 1. The first-order chi connectivity index (χ1) is 16.6. The van der Waals surface area contributed by atoms with Crippen molar-refractivity contribution in [3.63, 3.8) is 0 Å². The number of rotatable bonds is 9. The van der Waals surface area contributed by atoms with Crippen molar-refractivity contribution in [2.45, 2.75) is 45.7 Å². The largest absolute Gasteiger partial charge is 0.451 e. The number of carbonyl (C=O) groups excluding carboxylic acids is 3. The smallest absolute Gasteiger partial charge is 0.305 e. The number of halogens is 1. The van der Waals surface area contributed by atoms with E-state index >= 15 is 0 Å². The van der Waals surface area contributed by atoms with Gasteiger partial charge in [-0.15, -0.1) is 11.3 Å². The second-order valence-electron chi connectivity index (χ2n) is 7.66. The summed E-state index contributed by atoms with van der Waals surface area (Å²) in [6.07, 6.45) is -2.55. The summed E-state index contributed by atoms with van der Waals surface area (Å²) in [5, 5.41) is 11.0. The minimum Gasteiger partial charge on any atom is -0.451 e. The number of aromatic nitrogens is 1. The summed E-state index contributed by atoms with van der Waals surface area (Å²) in [5.74, 6) is -2.85. The Hall–Kier alpha value is -3.63. The zero-order valence-electron chi connectivity index (χ0n) is 19.3. The van der Waals surface area contributed by atoms with Crippen molar-refractivity contribution in [3.05, 3.63) is 76.7 Å². The van der Waals surface area contributed by atoms with E-state index < -0.39 is 42.4 Å². The quantitative estimate of drug-likeness (QED) is 0.266. The summed E-state index contributed by atoms with van der Waals surface area (Å²) in [4.78, 5) is 40.3. The second kappa shape index (κ2) is 11.7. The molecule has 184 valence electrons. The van der Waals surface area contributed by atoms with Crippen molar-refractivity contribution < 1.29 is 38.1 Å². The molecule has 0 aliphatic carbocycles. The molecule has 0 fully saturated rings. The number of esters is 3. The molecule has 0 radical (unpaired) electrons. The predicted molar refractivity (Wildman–Crippen MR) is 125 cm³/mol. The monoisotopic (exact) mass is 501 g/mol. The first-order valence-electron chi connectivity index (χ1n) is 10.6. The molecular weight excluding hydrogens is 477 g/mol. The molecule has 1 N–H and O–H groups in total. The topological polar surface area (TPSA) is 112 Å². The summed E-state index contributed by atoms with van der Waals surface area (Å²) in [6, 6.07) is 13.8. The normalized spacial score (nSPS) is 12.6. The number of benzene rings is 1. The lowest BCUT2D eigenvalue weighted by Gasteiger charge is -2.29. The molecule has 1 unspecified atom stereocenters. The van der Waals surface area contributed by atoms with Crippen LogP contribution in [-0.2, 0) is 35.0 Å². The molecule has 1 aromatic carbocycles. The number of ether oxygens (including phenoxy) is 3. The Bertz CT molecular complexity index is 1180. The SMILES string of the molecule is CC(=O)OC(OC(C)=O)[C@@H](OC(C)=O)C(O)c1cccc(Cc2ccc(-c3ccc(F)nc3)s2)c1. The van der Waals surface area contributed by atoms with Gasteiger partial charge in [0, 0.05) is 48.7 Å². The minimum absolute atomic E-state index is 0.373. The molecule has 8 nitrogen and oxygen atoms in total. The number of thiophene rings is 1. The molecule has 0 amide bonds. The van der Waals surface area contributed by atoms with Gasteiger partial charge in [-0.25, -0.2) is 4.98 Å². The summed E-state index contributed by atoms with van der Waals surface area (Å²) in [5.41, 5.74) is 2.03. The zero-order chi connectivity index (χ0) is 25.5. The van der Waals surface area contributed by atoms with Crippen LogP contribution in [0.25, 0.3) is 10.4 Å². The van der Waals surface area contributed by atoms with Crippen molar-refractivity contribution >= 4 is 29.2 Å². The van der Waals surface area contributed by atoms with Crippen LogP contribution in [0.5, 0.6) is 0 Å². The van der Waals surface area contributed by atoms with E-state index in [2.05, 4.69) is 4.98 Å². The van der Waals surface area contributed by atoms with Crippen LogP contribution in [0.3, 0.4) is 0 Å². The highest BCUT2D eigenvalue weighted by atomic mass is 32.1. The highest BCUT2D eigenvalue weighted by molar-refractivity contribution is 7.15. The third kappa shape index (κ3) is 7.43. The Balaban J connectivity index is 1.82. The number of hydrogen-bond donors (Lipinski definition) is 1. The van der Waals surface area contributed by atoms with E-state index in [1.165, 1.54) is 23.6 Å². The van der Waals surface area contributed by atoms with Crippen molar-refractivity contribution in [1.82, 2.24) is 4.98 Å². The average molecular weight is 502 g/mol. The molecule has 3 aromatic rings. The Labute approximate surface area is 205 Å². The van der Waals surface area contributed by atoms with Gasteiger partial charge in [0.05, 0.1) is 0 Å². The maximum absolute atomic E-state index is 13.1. The van der Waals surface area contributed by atoms with Crippen LogP contribution in [0.1, 0.15) is 42.9 Å². The molecule has 2 aromatic heterocycles. The fourth-order valence-electron chi connectivity index (χ4n) is 3.37. The van der Waals surface area contributed by atoms with Crippen LogP contribution in [0.4, 0.5) is 4.39 Å². The van der Waals surface area contributed by atoms with Crippen LogP contribution < -0.4 is 0 Å². The van der Waals surface area contributed by atoms with E-state index in [1.807, 2.05) is 18.2 Å². The summed E-state index contributed by atoms with van der Waals surface area (Å²) in [6.45, 7) is 3.33. The summed E-state index contributed by atoms with van der Waals surface area (Å²) in [7, 11) is 0. The van der Waals surface area contributed by atoms with Gasteiger partial charge >= 0.3 is 17.9 Å². The molecule has 0 aliphatic rings. The highest BCUT2D eigenvalue weighted by Gasteiger charge is 2.37. The van der Waals surface area contributed by atoms with Crippen LogP contribution in [0.15, 0.2) is 54.7 Å². The van der Waals surface area contributed by atoms with Gasteiger partial charge in [0.2, 0.25) is 12.1 Å². The molecule has 0 aliphatic heterocycles. The fourth-order valence-corrected chi connectivity index (χ4v) is 4.41. The van der Waals surface area contributed by atoms with Gasteiger partial charge in [0.1, 0.15) is 6.10 Å². The number of aliphatic hydroxyl groups excluding tert-OH is 1. The van der Waals surface area contributed by atoms with Crippen molar-refractivity contribution in [2.24, 2.45) is 0 Å². The third-order valence-electron chi connectivity index (χ3n) is 4.79. The zero-order valence-corrected chi connectivity index (χ0v) is 20.1. The Morgan fingerprint density at radius 2 is 1.66 bits per heavy atom. The first-order valence-corrected chi connectivity index (χ1v) is 11.4. The maximum atomic E-state index is 13.1. The number of aliphatic hydroxyl groups is 1. The molecule has 0 spiro atoms. The lowest BCUT2D eigenvalue weighted by molar-refractivity contribution is -0.224. The number of nitrogens with zero attached hydrogens (tertiary/aromatic N) is 1. The molecule has 0 bridgehead atoms. The first kappa shape index (κ1) is 26.0. The number of carbonyl (C=O) groups is 3. The molecule has 0 saturated heterocycles. The lowest BCUT2D eigenvalue weighted by Crippen LogP contribution is -2.41. The minimum atomic E-state index is -1.63. The van der Waals surface area contributed by atoms with Gasteiger partial charge in [0.25, 0.3) is 6.29 Å². The Kier molecular flexibility index (Phi) is 8.67. The fraction of sp³-hybridized carbons (Fsp3) is 0.280. The van der Waals surface area contributed by atoms with E-state index in [0.717, 1.165) is 41.7 Å². The van der Waals surface area contributed by atoms with E-state index in [0.29, 0.717) is 12.0 Å². The average Bonchev–Trinajstić information content (AvgIpc) is 3.25. The van der Waals surface area contributed by atoms with E-state index in [-0.39, 0.29) is 0 Å². The lowest BCUT2D eigenvalue weighted by atomic mass is 9.99. The van der Waals surface area contributed by atoms with Crippen molar-refractivity contribution in [3.8, 4) is 10.4 Å². The Morgan fingerprint density at radius 1 is 0.971 bits per heavy atom. The Morgan fingerprint density at radius 3 is 2.26 bits per heavy atom. The molecule has 2 atom stereocenters. The highest BCUT2D eigenvalue weighted by Crippen LogP contribution is 2.30. The molecule has 10 heteroatoms. The second-order valence-corrected chi connectivity index (χ2v) is 8.83. The standard InChI is InChI=1S/C25H24FNO7S/c1-14(28)32-24(25(33-15(2)29)34-16(3)30)23(31)18-6-4-5-17(11-18)12-20-8-9-21(35-20)19-7-10-22(26)27-13-19/h4-11,13,23-25,31H,12H2,1-3H3/t23?,24-/m0/s1. The van der Waals surface area contributed by atoms with Gasteiger partial charge in [-0.05, 0) is 35.4 Å². The molecule has 3 rings (SSSR count). The maximum Gasteiger partial charge on any atom is 0.305 e. The number of hydrogen-bond acceptors (Lipinski definition) is 9. The van der Waals surface area contributed by atoms with Gasteiger partial charge < -0.3 is 19.3 Å². The summed E-state index contributed by atoms with van der Waals surface area (Å²) < 4.78 is 28.3. The van der Waals surface area contributed by atoms with E-state index in [1.54, 1.807) is 24.3 Å². The van der Waals surface area contributed by atoms with Crippen LogP contribution >= 0.6 is 11.3 Å². The molecule has 35 heavy (non-hydrogen) atoms. The van der Waals surface area contributed by atoms with Crippen LogP contribution in [0, 0.1) is 5.95 Å². The van der Waals surface area contributed by atoms with Gasteiger partial charge in [0.15, 0.2) is 0 Å². The molecule has 2 heterocycles. The molecular formula is C25H24FNO7S. The van der Waals surface area contributed by atoms with E-state index in [4.69, 9.17) is 14.2 Å². The van der Waals surface area contributed by atoms with Gasteiger partial charge in [-0.2, -0.15) is 4.39 Å². The third-order valence-corrected chi connectivity index (χ3v) is 5.92. The van der Waals surface area contributed by atoms with Crippen molar-refractivity contribution in [2.75, 3.05) is 0 Å².